The van der Waals surface area contributed by atoms with E-state index in [9.17, 15) is 5.53 Å². The maximum atomic E-state index is 12.3. The molecule has 1 aliphatic rings. The first kappa shape index (κ1) is 83.8. The van der Waals surface area contributed by atoms with Crippen molar-refractivity contribution in [1.29, 1.82) is 0 Å². The van der Waals surface area contributed by atoms with Crippen molar-refractivity contribution in [1.82, 2.24) is 0 Å². The Hall–Kier alpha value is -2.33. The molecule has 1 aliphatic heterocycles. The molecule has 0 radical (unpaired) electrons. The van der Waals surface area contributed by atoms with Crippen LogP contribution in [-0.4, -0.2) is 17.9 Å². The minimum atomic E-state index is 0.808. The Labute approximate surface area is 568 Å². The van der Waals surface area contributed by atoms with Crippen LogP contribution in [-0.2, 0) is 35.7 Å². The van der Waals surface area contributed by atoms with Gasteiger partial charge in [0.05, 0.1) is 5.57 Å². The van der Waals surface area contributed by atoms with E-state index in [-0.39, 0.29) is 0 Å². The van der Waals surface area contributed by atoms with E-state index < -0.39 is 0 Å². The van der Waals surface area contributed by atoms with Crippen LogP contribution >= 0.6 is 0 Å². The molecule has 4 nitrogen and oxygen atoms in total. The van der Waals surface area contributed by atoms with Gasteiger partial charge >= 0.3 is 75.6 Å². The van der Waals surface area contributed by atoms with Crippen LogP contribution in [0.15, 0.2) is 71.8 Å². The molecule has 522 valence electrons. The van der Waals surface area contributed by atoms with Crippen molar-refractivity contribution in [3.8, 4) is 0 Å². The zero-order chi connectivity index (χ0) is 64.5. The minimum absolute atomic E-state index is 0.808. The molecule has 5 heteroatoms. The summed E-state index contributed by atoms with van der Waals surface area (Å²) in [6, 6.07) is 18.3. The number of unbranched alkanes of at least 4 members (excludes halogenated alkanes) is 50. The first-order valence-electron chi connectivity index (χ1n) is 40.2. The van der Waals surface area contributed by atoms with E-state index in [0.717, 1.165) is 102 Å². The van der Waals surface area contributed by atoms with Gasteiger partial charge < -0.3 is 5.53 Å². The monoisotopic (exact) mass is 1290 g/mol. The molecule has 0 N–H and O–H groups in total. The van der Waals surface area contributed by atoms with Gasteiger partial charge in [-0.15, -0.1) is 0 Å². The van der Waals surface area contributed by atoms with Gasteiger partial charge in [-0.05, 0) is 86.8 Å². The molecule has 0 aromatic heterocycles. The van der Waals surface area contributed by atoms with Crippen LogP contribution in [0.25, 0.3) is 16.9 Å². The van der Waals surface area contributed by atoms with Crippen molar-refractivity contribution in [2.75, 3.05) is 13.2 Å². The average molecular weight is 1290 g/mol. The first-order valence-corrected chi connectivity index (χ1v) is 41.0. The van der Waals surface area contributed by atoms with E-state index >= 15 is 0 Å². The second-order valence-corrected chi connectivity index (χ2v) is 28.4. The Bertz CT molecular complexity index is 1960. The Morgan fingerprint density at radius 3 is 1.03 bits per heavy atom. The summed E-state index contributed by atoms with van der Waals surface area (Å²) >= 11 is 0.968. The number of hydrogen-bond donors (Lipinski definition) is 0. The fraction of sp³-hybridized carbons (Fsp3) is 0.788. The number of allylic oxidation sites excluding steroid dienone is 4. The third-order valence-corrected chi connectivity index (χ3v) is 19.7. The van der Waals surface area contributed by atoms with Crippen LogP contribution in [0.5, 0.6) is 0 Å². The molecule has 0 aliphatic carbocycles. The molecule has 0 saturated carbocycles. The van der Waals surface area contributed by atoms with Crippen LogP contribution < -0.4 is 0 Å². The Morgan fingerprint density at radius 2 is 0.656 bits per heavy atom. The quantitative estimate of drug-likeness (QED) is 0.0376. The predicted molar refractivity (Wildman–Crippen MR) is 396 cm³/mol. The van der Waals surface area contributed by atoms with E-state index in [4.69, 9.17) is 7.76 Å². The molecule has 0 bridgehead atoms. The van der Waals surface area contributed by atoms with E-state index in [0.29, 0.717) is 0 Å². The van der Waals surface area contributed by atoms with E-state index in [2.05, 4.69) is 102 Å². The zero-order valence-corrected chi connectivity index (χ0v) is 61.9. The summed E-state index contributed by atoms with van der Waals surface area (Å²) in [5.41, 5.74) is 21.8. The fourth-order valence-electron chi connectivity index (χ4n) is 13.1. The summed E-state index contributed by atoms with van der Waals surface area (Å²) in [4.78, 5) is 0. The summed E-state index contributed by atoms with van der Waals surface area (Å²) in [5.74, 6) is 0. The van der Waals surface area contributed by atoms with Crippen LogP contribution in [0.3, 0.4) is 0 Å². The standard InChI is InChI=1S/C77H132N2.2C4H9O.Ni/c1-5-9-13-15-17-19-21-23-25-27-29-31-33-35-37-39-41-43-45-47-49-51-53-55-57-64-75-74(63-12-8-4)77(73-62-58-61-71(69-73)59-11-7-3)79(78)76(75)72-67-65-70(66-68-72)60-56-54-52-50-48-46-44-42-40-38-36-34-32-30-28-26-24-22-20-18-16-14-10-6-2;2*1-2-3-4-5;/h57-58,61-62,64-69H,5-56,59-60,63H2,1-4H3;2*2-4H2,1H3;/q;2*-1;+2. The van der Waals surface area contributed by atoms with Crippen molar-refractivity contribution in [2.45, 2.75) is 420 Å². The summed E-state index contributed by atoms with van der Waals surface area (Å²) < 4.78 is 11.8. The van der Waals surface area contributed by atoms with Crippen LogP contribution in [0.4, 0.5) is 0 Å². The molecule has 3 rings (SSSR count). The Kier molecular flexibility index (Phi) is 60.8. The van der Waals surface area contributed by atoms with Gasteiger partial charge in [0.1, 0.15) is 0 Å². The van der Waals surface area contributed by atoms with Gasteiger partial charge in [0.25, 0.3) is 0 Å². The van der Waals surface area contributed by atoms with Gasteiger partial charge in [0.2, 0.25) is 11.4 Å². The number of benzene rings is 2. The molecule has 0 saturated heterocycles. The van der Waals surface area contributed by atoms with Gasteiger partial charge in [0, 0.05) is 16.7 Å². The molecule has 0 unspecified atom stereocenters. The summed E-state index contributed by atoms with van der Waals surface area (Å²) in [6.07, 6.45) is 85.5. The third kappa shape index (κ3) is 46.7. The number of aryl methyl sites for hydroxylation is 2. The third-order valence-electron chi connectivity index (χ3n) is 19.1. The Morgan fingerprint density at radius 1 is 0.322 bits per heavy atom. The van der Waals surface area contributed by atoms with Crippen molar-refractivity contribution in [2.24, 2.45) is 0 Å². The molecule has 2 aromatic carbocycles. The summed E-state index contributed by atoms with van der Waals surface area (Å²) in [7, 11) is 0. The number of nitrogens with zero attached hydrogens (tertiary/aromatic N) is 2. The molecular weight excluding hydrogens is 1140 g/mol. The van der Waals surface area contributed by atoms with Gasteiger partial charge in [-0.1, -0.05) is 366 Å². The average Bonchev–Trinajstić information content (AvgIpc) is 1.63. The van der Waals surface area contributed by atoms with Gasteiger partial charge in [-0.25, -0.2) is 4.70 Å². The van der Waals surface area contributed by atoms with E-state index in [1.807, 2.05) is 0 Å². The van der Waals surface area contributed by atoms with Crippen molar-refractivity contribution in [3.05, 3.63) is 99.6 Å². The molecule has 90 heavy (non-hydrogen) atoms. The zero-order valence-electron chi connectivity index (χ0n) is 60.9. The number of hydrogen-bond acceptors (Lipinski definition) is 2. The van der Waals surface area contributed by atoms with Crippen molar-refractivity contribution < 1.29 is 27.5 Å². The number of rotatable bonds is 66. The second-order valence-electron chi connectivity index (χ2n) is 27.7. The van der Waals surface area contributed by atoms with Crippen molar-refractivity contribution in [3.63, 3.8) is 0 Å². The van der Waals surface area contributed by atoms with E-state index in [1.165, 1.54) is 350 Å². The van der Waals surface area contributed by atoms with Crippen molar-refractivity contribution >= 4 is 11.4 Å². The summed E-state index contributed by atoms with van der Waals surface area (Å²) in [6.45, 7) is 15.1. The molecule has 0 atom stereocenters. The van der Waals surface area contributed by atoms with Gasteiger partial charge in [-0.2, -0.15) is 0 Å². The van der Waals surface area contributed by atoms with E-state index in [1.54, 1.807) is 4.70 Å². The first-order chi connectivity index (χ1) is 44.6. The normalized spacial score (nSPS) is 12.7. The molecule has 0 fully saturated rings. The van der Waals surface area contributed by atoms with Crippen LogP contribution in [0.2, 0.25) is 0 Å². The molecule has 0 amide bonds. The molecular formula is C85H150N2NiO2. The predicted octanol–water partition coefficient (Wildman–Crippen LogP) is 29.8. The SMILES string of the molecule is CCCCCCCCCCCCCCCCCCCCCCCCCC=CC1=C(c2ccc(CCCCCCCCCCCCCCCCCCCCCCCCCC)cc2)[N+](=[N-])C(c2cccc(CCCC)c2)=C1CCCC.CCCC[O][Ni][O]CCCC. The molecule has 1 heterocycles. The Balaban J connectivity index is 0.00000227. The summed E-state index contributed by atoms with van der Waals surface area (Å²) in [5, 5.41) is 0. The fourth-order valence-corrected chi connectivity index (χ4v) is 13.6. The molecule has 2 aromatic rings. The molecule has 0 spiro atoms. The maximum absolute atomic E-state index is 12.3. The second kappa shape index (κ2) is 65.3. The van der Waals surface area contributed by atoms with Crippen LogP contribution in [0, 0.1) is 0 Å². The van der Waals surface area contributed by atoms with Gasteiger partial charge in [-0.3, -0.25) is 0 Å². The van der Waals surface area contributed by atoms with Gasteiger partial charge in [0.15, 0.2) is 0 Å². The van der Waals surface area contributed by atoms with Crippen LogP contribution in [0.1, 0.15) is 430 Å². The topological polar surface area (TPSA) is 43.8 Å².